The number of rotatable bonds is 10. The normalized spacial score (nSPS) is 20.3. The molecule has 1 N–H and O–H groups in total. The van der Waals surface area contributed by atoms with Crippen LogP contribution in [0.3, 0.4) is 0 Å². The number of aromatic nitrogens is 5. The van der Waals surface area contributed by atoms with Gasteiger partial charge in [0, 0.05) is 30.6 Å². The van der Waals surface area contributed by atoms with E-state index < -0.39 is 6.03 Å². The van der Waals surface area contributed by atoms with Crippen molar-refractivity contribution in [2.75, 3.05) is 29.6 Å². The fraction of sp³-hybridized carbons (Fsp3) is 0.452. The highest BCUT2D eigenvalue weighted by atomic mass is 16.7. The molecule has 3 atom stereocenters. The fourth-order valence-corrected chi connectivity index (χ4v) is 8.22. The molecule has 5 aromatic rings. The smallest absolute Gasteiger partial charge is 0.357 e. The van der Waals surface area contributed by atoms with Crippen LogP contribution in [0.2, 0.25) is 0 Å². The van der Waals surface area contributed by atoms with E-state index in [-0.39, 0.29) is 24.0 Å². The molecule has 55 heavy (non-hydrogen) atoms. The standard InChI is InChI=1S/C42H51N9O4/c1-29-12-7-8-23-48(29)40-45-44-38-20-17-32(27-49(38)40)55-36-19-18-35(33-15-5-6-16-34(33)36)43-41(53)51(54-28-52)39-25-37(42(2,3)4)46-50(39)31-14-11-13-30(24-31)26-47-21-9-10-22-47/h5-6,11,13-17,20,24-25,27-29,35-36H,7-10,12,18-19,21-23,26H2,1-4H3,(H,43,53)/t29-,35-,36+/m0/s1. The molecule has 2 fully saturated rings. The number of likely N-dealkylation sites (tertiary alicyclic amines) is 1. The van der Waals surface area contributed by atoms with Gasteiger partial charge in [-0.05, 0) is 106 Å². The van der Waals surface area contributed by atoms with Gasteiger partial charge >= 0.3 is 12.5 Å². The van der Waals surface area contributed by atoms with Gasteiger partial charge in [0.05, 0.1) is 23.6 Å². The van der Waals surface area contributed by atoms with E-state index >= 15 is 0 Å². The number of urea groups is 1. The average molecular weight is 746 g/mol. The molecule has 2 aliphatic heterocycles. The van der Waals surface area contributed by atoms with Crippen molar-refractivity contribution < 1.29 is 19.2 Å². The fourth-order valence-electron chi connectivity index (χ4n) is 8.22. The molecule has 5 heterocycles. The first kappa shape index (κ1) is 36.5. The molecular weight excluding hydrogens is 695 g/mol. The van der Waals surface area contributed by atoms with Gasteiger partial charge in [-0.25, -0.2) is 9.48 Å². The minimum Gasteiger partial charge on any atom is -0.484 e. The Morgan fingerprint density at radius 1 is 0.927 bits per heavy atom. The summed E-state index contributed by atoms with van der Waals surface area (Å²) in [6.07, 6.45) is 8.93. The minimum atomic E-state index is -0.571. The number of fused-ring (bicyclic) bond motifs is 2. The summed E-state index contributed by atoms with van der Waals surface area (Å²) in [5.74, 6) is 1.90. The molecule has 2 aromatic carbocycles. The van der Waals surface area contributed by atoms with E-state index in [0.29, 0.717) is 24.7 Å². The van der Waals surface area contributed by atoms with Crippen molar-refractivity contribution in [3.63, 3.8) is 0 Å². The molecule has 13 nitrogen and oxygen atoms in total. The predicted octanol–water partition coefficient (Wildman–Crippen LogP) is 7.45. The first-order valence-electron chi connectivity index (χ1n) is 19.7. The second-order valence-electron chi connectivity index (χ2n) is 16.1. The van der Waals surface area contributed by atoms with Crippen molar-refractivity contribution in [1.82, 2.24) is 34.6 Å². The number of benzene rings is 2. The summed E-state index contributed by atoms with van der Waals surface area (Å²) in [4.78, 5) is 36.5. The zero-order valence-corrected chi connectivity index (χ0v) is 32.2. The van der Waals surface area contributed by atoms with Crippen LogP contribution in [0.4, 0.5) is 16.6 Å². The van der Waals surface area contributed by atoms with Crippen molar-refractivity contribution in [3.05, 3.63) is 95.3 Å². The maximum Gasteiger partial charge on any atom is 0.357 e. The molecule has 2 amide bonds. The number of piperidine rings is 1. The van der Waals surface area contributed by atoms with Gasteiger partial charge in [-0.1, -0.05) is 57.2 Å². The van der Waals surface area contributed by atoms with E-state index in [2.05, 4.69) is 71.2 Å². The zero-order chi connectivity index (χ0) is 38.1. The SMILES string of the molecule is C[C@H]1CCCCN1c1nnc2ccc(O[C@@H]3CC[C@H](NC(=O)N(OC=O)c4cc(C(C)(C)C)nn4-c4cccc(CN5CCCC5)c4)c4ccccc43)cn12. The summed E-state index contributed by atoms with van der Waals surface area (Å²) >= 11 is 0. The highest BCUT2D eigenvalue weighted by Gasteiger charge is 2.34. The highest BCUT2D eigenvalue weighted by molar-refractivity contribution is 5.90. The summed E-state index contributed by atoms with van der Waals surface area (Å²) in [6.45, 7) is 12.7. The first-order valence-corrected chi connectivity index (χ1v) is 19.7. The lowest BCUT2D eigenvalue weighted by Crippen LogP contribution is -2.43. The van der Waals surface area contributed by atoms with Gasteiger partial charge in [-0.2, -0.15) is 5.10 Å². The predicted molar refractivity (Wildman–Crippen MR) is 210 cm³/mol. The Labute approximate surface area is 322 Å². The van der Waals surface area contributed by atoms with Gasteiger partial charge in [0.2, 0.25) is 5.95 Å². The van der Waals surface area contributed by atoms with Crippen LogP contribution in [-0.2, 0) is 21.6 Å². The van der Waals surface area contributed by atoms with Gasteiger partial charge in [-0.15, -0.1) is 15.3 Å². The molecule has 13 heteroatoms. The third kappa shape index (κ3) is 7.62. The Hall–Kier alpha value is -5.43. The van der Waals surface area contributed by atoms with E-state index in [1.54, 1.807) is 4.68 Å². The Kier molecular flexibility index (Phi) is 10.2. The number of nitrogens with zero attached hydrogens (tertiary/aromatic N) is 8. The number of anilines is 2. The summed E-state index contributed by atoms with van der Waals surface area (Å²) in [6, 6.07) is 21.4. The molecule has 0 saturated carbocycles. The number of pyridine rings is 1. The Bertz CT molecular complexity index is 2150. The molecule has 3 aromatic heterocycles. The maximum absolute atomic E-state index is 14.2. The third-order valence-electron chi connectivity index (χ3n) is 11.2. The summed E-state index contributed by atoms with van der Waals surface area (Å²) < 4.78 is 10.4. The number of carbonyl (C=O) groups is 2. The topological polar surface area (TPSA) is 122 Å². The number of carbonyl (C=O) groups excluding carboxylic acids is 2. The summed E-state index contributed by atoms with van der Waals surface area (Å²) in [7, 11) is 0. The second kappa shape index (κ2) is 15.4. The van der Waals surface area contributed by atoms with E-state index in [0.717, 1.165) is 89.5 Å². The van der Waals surface area contributed by atoms with Gasteiger partial charge in [-0.3, -0.25) is 14.1 Å². The van der Waals surface area contributed by atoms with Gasteiger partial charge in [0.25, 0.3) is 0 Å². The van der Waals surface area contributed by atoms with E-state index in [9.17, 15) is 9.59 Å². The van der Waals surface area contributed by atoms with Crippen molar-refractivity contribution in [3.8, 4) is 11.4 Å². The molecule has 1 aliphatic carbocycles. The minimum absolute atomic E-state index is 0.235. The summed E-state index contributed by atoms with van der Waals surface area (Å²) in [5.41, 5.74) is 5.07. The van der Waals surface area contributed by atoms with Crippen LogP contribution in [0, 0.1) is 0 Å². The molecule has 2 saturated heterocycles. The average Bonchev–Trinajstić information content (AvgIpc) is 3.96. The van der Waals surface area contributed by atoms with Crippen LogP contribution < -0.4 is 20.0 Å². The second-order valence-corrected chi connectivity index (χ2v) is 16.1. The van der Waals surface area contributed by atoms with Crippen LogP contribution >= 0.6 is 0 Å². The van der Waals surface area contributed by atoms with Crippen molar-refractivity contribution in [1.29, 1.82) is 0 Å². The summed E-state index contributed by atoms with van der Waals surface area (Å²) in [5, 5.41) is 18.1. The maximum atomic E-state index is 14.2. The number of hydrogen-bond donors (Lipinski definition) is 1. The number of ether oxygens (including phenoxy) is 1. The molecule has 8 rings (SSSR count). The number of hydroxylamine groups is 1. The van der Waals surface area contributed by atoms with Gasteiger partial charge in [0.15, 0.2) is 11.5 Å². The van der Waals surface area contributed by atoms with Crippen LogP contribution in [-0.4, -0.2) is 67.5 Å². The number of hydrogen-bond acceptors (Lipinski definition) is 9. The number of nitrogens with one attached hydrogen (secondary N) is 1. The Balaban J connectivity index is 1.04. The van der Waals surface area contributed by atoms with E-state index in [4.69, 9.17) is 14.7 Å². The molecular formula is C42H51N9O4. The quantitative estimate of drug-likeness (QED) is 0.115. The van der Waals surface area contributed by atoms with E-state index in [1.165, 1.54) is 19.3 Å². The van der Waals surface area contributed by atoms with Crippen LogP contribution in [0.5, 0.6) is 5.75 Å². The molecule has 0 bridgehead atoms. The molecule has 0 spiro atoms. The highest BCUT2D eigenvalue weighted by Crippen LogP contribution is 2.39. The lowest BCUT2D eigenvalue weighted by molar-refractivity contribution is -0.129. The van der Waals surface area contributed by atoms with Crippen molar-refractivity contribution in [2.45, 2.75) is 103 Å². The zero-order valence-electron chi connectivity index (χ0n) is 32.2. The van der Waals surface area contributed by atoms with Gasteiger partial charge in [0.1, 0.15) is 11.9 Å². The number of amides is 2. The largest absolute Gasteiger partial charge is 0.484 e. The Morgan fingerprint density at radius 3 is 2.51 bits per heavy atom. The molecule has 3 aliphatic rings. The lowest BCUT2D eigenvalue weighted by Gasteiger charge is -2.34. The van der Waals surface area contributed by atoms with E-state index in [1.807, 2.05) is 59.1 Å². The molecule has 0 unspecified atom stereocenters. The monoisotopic (exact) mass is 745 g/mol. The molecule has 0 radical (unpaired) electrons. The third-order valence-corrected chi connectivity index (χ3v) is 11.2. The van der Waals surface area contributed by atoms with Crippen LogP contribution in [0.15, 0.2) is 72.9 Å². The molecule has 288 valence electrons. The van der Waals surface area contributed by atoms with Crippen LogP contribution in [0.1, 0.15) is 107 Å². The van der Waals surface area contributed by atoms with Crippen molar-refractivity contribution >= 4 is 29.9 Å². The Morgan fingerprint density at radius 2 is 1.73 bits per heavy atom. The van der Waals surface area contributed by atoms with Crippen molar-refractivity contribution in [2.24, 2.45) is 0 Å². The van der Waals surface area contributed by atoms with Gasteiger partial charge < -0.3 is 19.8 Å². The first-order chi connectivity index (χ1) is 26.7. The lowest BCUT2D eigenvalue weighted by atomic mass is 9.85. The van der Waals surface area contributed by atoms with Crippen LogP contribution in [0.25, 0.3) is 11.3 Å².